The molecule has 39 heavy (non-hydrogen) atoms. The summed E-state index contributed by atoms with van der Waals surface area (Å²) in [5, 5.41) is 20.4. The molecule has 4 rings (SSSR count). The van der Waals surface area contributed by atoms with E-state index >= 15 is 0 Å². The van der Waals surface area contributed by atoms with Gasteiger partial charge in [0.25, 0.3) is 5.91 Å². The monoisotopic (exact) mass is 560 g/mol. The normalized spacial score (nSPS) is 16.5. The standard InChI is InChI=1S/C30H28N2O5S2/c1-3-24-18(2)32(23-11-9-21(10-12-23)20-5-7-22(8-6-20)30(36)37)26-13-4-19(14-25(24)26)15-27(39-17-38)29(35)31-16-28(33)34/h4-15,17-18,24H,3,16H2,1-2H3,(H,31,35)(H,33,34)(H,36,37)/b27-15-. The Morgan fingerprint density at radius 3 is 2.21 bits per heavy atom. The molecule has 0 bridgehead atoms. The minimum Gasteiger partial charge on any atom is -0.480 e. The first-order chi connectivity index (χ1) is 18.7. The average Bonchev–Trinajstić information content (AvgIpc) is 3.21. The minimum atomic E-state index is -1.11. The molecule has 3 aromatic carbocycles. The fraction of sp³-hybridized carbons (Fsp3) is 0.200. The average molecular weight is 561 g/mol. The van der Waals surface area contributed by atoms with Crippen molar-refractivity contribution in [1.82, 2.24) is 5.32 Å². The van der Waals surface area contributed by atoms with Crippen molar-refractivity contribution in [2.75, 3.05) is 11.4 Å². The topological polar surface area (TPSA) is 107 Å². The highest BCUT2D eigenvalue weighted by Crippen LogP contribution is 2.47. The summed E-state index contributed by atoms with van der Waals surface area (Å²) < 4.78 is 1.38. The Labute approximate surface area is 236 Å². The number of thioether (sulfide) groups is 1. The lowest BCUT2D eigenvalue weighted by molar-refractivity contribution is -0.137. The maximum absolute atomic E-state index is 12.5. The van der Waals surface area contributed by atoms with Crippen molar-refractivity contribution in [2.24, 2.45) is 0 Å². The van der Waals surface area contributed by atoms with Crippen molar-refractivity contribution in [3.8, 4) is 11.1 Å². The van der Waals surface area contributed by atoms with Crippen LogP contribution in [0.25, 0.3) is 17.2 Å². The first-order valence-electron chi connectivity index (χ1n) is 12.4. The number of nitrogens with zero attached hydrogens (tertiary/aromatic N) is 1. The Morgan fingerprint density at radius 1 is 1.00 bits per heavy atom. The molecule has 3 aromatic rings. The van der Waals surface area contributed by atoms with Gasteiger partial charge in [-0.3, -0.25) is 9.59 Å². The van der Waals surface area contributed by atoms with Crippen LogP contribution in [0, 0.1) is 0 Å². The molecule has 200 valence electrons. The van der Waals surface area contributed by atoms with Gasteiger partial charge >= 0.3 is 11.9 Å². The number of aromatic carboxylic acids is 1. The van der Waals surface area contributed by atoms with Gasteiger partial charge in [0, 0.05) is 28.0 Å². The zero-order valence-corrected chi connectivity index (χ0v) is 23.1. The minimum absolute atomic E-state index is 0.207. The number of rotatable bonds is 10. The van der Waals surface area contributed by atoms with Gasteiger partial charge in [0.1, 0.15) is 6.54 Å². The number of carboxylic acid groups (broad SMARTS) is 2. The van der Waals surface area contributed by atoms with E-state index in [1.54, 1.807) is 18.2 Å². The maximum atomic E-state index is 12.5. The summed E-state index contributed by atoms with van der Waals surface area (Å²) in [6.45, 7) is 3.90. The van der Waals surface area contributed by atoms with Gasteiger partial charge in [0.05, 0.1) is 10.5 Å². The number of hydrogen-bond acceptors (Lipinski definition) is 6. The van der Waals surface area contributed by atoms with Gasteiger partial charge < -0.3 is 20.4 Å². The number of fused-ring (bicyclic) bond motifs is 1. The van der Waals surface area contributed by atoms with E-state index in [1.807, 2.05) is 30.3 Å². The van der Waals surface area contributed by atoms with E-state index in [0.29, 0.717) is 4.91 Å². The Balaban J connectivity index is 1.63. The molecule has 0 fully saturated rings. The molecule has 9 heteroatoms. The van der Waals surface area contributed by atoms with Crippen LogP contribution in [0.5, 0.6) is 0 Å². The fourth-order valence-electron chi connectivity index (χ4n) is 4.99. The lowest BCUT2D eigenvalue weighted by atomic mass is 9.92. The van der Waals surface area contributed by atoms with Crippen LogP contribution in [0.3, 0.4) is 0 Å². The summed E-state index contributed by atoms with van der Waals surface area (Å²) in [5.74, 6) is -2.27. The first kappa shape index (κ1) is 28.1. The lowest BCUT2D eigenvalue weighted by Crippen LogP contribution is -2.29. The summed E-state index contributed by atoms with van der Waals surface area (Å²) in [7, 11) is 0. The highest BCUT2D eigenvalue weighted by atomic mass is 32.2. The van der Waals surface area contributed by atoms with E-state index in [9.17, 15) is 14.4 Å². The fourth-order valence-corrected chi connectivity index (χ4v) is 5.79. The molecule has 1 aliphatic heterocycles. The molecular formula is C30H28N2O5S2. The second kappa shape index (κ2) is 12.3. The smallest absolute Gasteiger partial charge is 0.335 e. The number of carbonyl (C=O) groups is 3. The molecule has 0 saturated heterocycles. The molecule has 1 heterocycles. The predicted octanol–water partition coefficient (Wildman–Crippen LogP) is 6.32. The Hall–Kier alpha value is -3.95. The summed E-state index contributed by atoms with van der Waals surface area (Å²) in [4.78, 5) is 37.1. The number of carbonyl (C=O) groups excluding carboxylic acids is 1. The van der Waals surface area contributed by atoms with Crippen LogP contribution in [0.2, 0.25) is 0 Å². The lowest BCUT2D eigenvalue weighted by Gasteiger charge is -2.27. The summed E-state index contributed by atoms with van der Waals surface area (Å²) in [6, 6.07) is 21.4. The van der Waals surface area contributed by atoms with E-state index in [-0.39, 0.29) is 17.5 Å². The molecule has 1 amide bonds. The van der Waals surface area contributed by atoms with Gasteiger partial charge in [0.15, 0.2) is 0 Å². The van der Waals surface area contributed by atoms with Crippen LogP contribution < -0.4 is 10.2 Å². The van der Waals surface area contributed by atoms with Gasteiger partial charge in [0.2, 0.25) is 0 Å². The zero-order chi connectivity index (χ0) is 28.1. The van der Waals surface area contributed by atoms with E-state index in [2.05, 4.69) is 48.3 Å². The molecule has 0 aliphatic carbocycles. The zero-order valence-electron chi connectivity index (χ0n) is 21.5. The number of anilines is 2. The number of carboxylic acids is 2. The number of aliphatic carboxylic acids is 1. The van der Waals surface area contributed by atoms with Crippen LogP contribution in [0.1, 0.15) is 47.7 Å². The number of benzene rings is 3. The summed E-state index contributed by atoms with van der Waals surface area (Å²) >= 11 is 6.01. The van der Waals surface area contributed by atoms with E-state index in [1.165, 1.54) is 10.3 Å². The molecule has 7 nitrogen and oxygen atoms in total. The number of thiocarbonyl (C=S) groups is 1. The second-order valence-electron chi connectivity index (χ2n) is 9.17. The third-order valence-corrected chi connectivity index (χ3v) is 7.79. The SMILES string of the molecule is CCC1c2cc(/C=C(\SC=S)C(=O)NCC(=O)O)ccc2N(c2ccc(-c3ccc(C(=O)O)cc3)cc2)C1C. The van der Waals surface area contributed by atoms with Crippen LogP contribution in [-0.2, 0) is 9.59 Å². The van der Waals surface area contributed by atoms with Crippen molar-refractivity contribution in [2.45, 2.75) is 32.2 Å². The largest absolute Gasteiger partial charge is 0.480 e. The van der Waals surface area contributed by atoms with Crippen LogP contribution in [0.4, 0.5) is 11.4 Å². The summed E-state index contributed by atoms with van der Waals surface area (Å²) in [6.07, 6.45) is 2.67. The molecule has 2 atom stereocenters. The highest BCUT2D eigenvalue weighted by Gasteiger charge is 2.35. The van der Waals surface area contributed by atoms with Gasteiger partial charge in [-0.05, 0) is 78.1 Å². The Bertz CT molecular complexity index is 1430. The molecule has 2 unspecified atom stereocenters. The van der Waals surface area contributed by atoms with Gasteiger partial charge in [-0.25, -0.2) is 4.79 Å². The molecular weight excluding hydrogens is 532 g/mol. The van der Waals surface area contributed by atoms with E-state index < -0.39 is 24.4 Å². The van der Waals surface area contributed by atoms with Gasteiger partial charge in [-0.15, -0.1) is 0 Å². The number of amides is 1. The van der Waals surface area contributed by atoms with E-state index in [0.717, 1.165) is 46.2 Å². The van der Waals surface area contributed by atoms with Gasteiger partial charge in [-0.1, -0.05) is 61.2 Å². The molecule has 0 aromatic heterocycles. The third-order valence-electron chi connectivity index (χ3n) is 6.85. The van der Waals surface area contributed by atoms with Crippen LogP contribution in [0.15, 0.2) is 71.6 Å². The van der Waals surface area contributed by atoms with Gasteiger partial charge in [-0.2, -0.15) is 0 Å². The highest BCUT2D eigenvalue weighted by molar-refractivity contribution is 8.24. The van der Waals surface area contributed by atoms with Crippen molar-refractivity contribution in [3.05, 3.63) is 88.3 Å². The molecule has 0 spiro atoms. The second-order valence-corrected chi connectivity index (χ2v) is 10.6. The molecule has 0 saturated carbocycles. The number of nitrogens with one attached hydrogen (secondary N) is 1. The van der Waals surface area contributed by atoms with Crippen molar-refractivity contribution >= 4 is 64.0 Å². The maximum Gasteiger partial charge on any atom is 0.335 e. The third kappa shape index (κ3) is 6.21. The Kier molecular flexibility index (Phi) is 8.83. The van der Waals surface area contributed by atoms with Crippen molar-refractivity contribution in [1.29, 1.82) is 0 Å². The van der Waals surface area contributed by atoms with E-state index in [4.69, 9.17) is 22.4 Å². The van der Waals surface area contributed by atoms with Crippen molar-refractivity contribution in [3.63, 3.8) is 0 Å². The molecule has 3 N–H and O–H groups in total. The summed E-state index contributed by atoms with van der Waals surface area (Å²) in [5.41, 5.74) is 6.38. The molecule has 1 aliphatic rings. The molecule has 0 radical (unpaired) electrons. The van der Waals surface area contributed by atoms with Crippen molar-refractivity contribution < 1.29 is 24.6 Å². The van der Waals surface area contributed by atoms with Crippen LogP contribution in [-0.4, -0.2) is 45.3 Å². The Morgan fingerprint density at radius 2 is 1.64 bits per heavy atom. The predicted molar refractivity (Wildman–Crippen MR) is 160 cm³/mol. The number of hydrogen-bond donors (Lipinski definition) is 3. The first-order valence-corrected chi connectivity index (χ1v) is 13.8. The van der Waals surface area contributed by atoms with Crippen LogP contribution >= 0.6 is 24.0 Å². The quantitative estimate of drug-likeness (QED) is 0.195.